The minimum Gasteiger partial charge on any atom is -0.260 e. The van der Waals surface area contributed by atoms with Crippen LogP contribution in [0, 0.1) is 5.82 Å². The van der Waals surface area contributed by atoms with Gasteiger partial charge < -0.3 is 0 Å². The molecule has 0 bridgehead atoms. The third-order valence-electron chi connectivity index (χ3n) is 2.62. The van der Waals surface area contributed by atoms with E-state index in [-0.39, 0.29) is 10.9 Å². The molecule has 0 fully saturated rings. The number of hydrogen-bond donors (Lipinski definition) is 0. The molecular formula is C16H20FN5O2S. The molecule has 0 saturated carbocycles. The standard InChI is InChI=1S/C12H8FN5O2S.2C2H6/c13-10-3-1-9(2-4-10)12-16-8-18(17-12)21(19,20)11-7-14-5-6-15-11;2*1-2/h1-8H;2*1-2H3. The number of nitrogens with zero attached hydrogens (tertiary/aromatic N) is 5. The van der Waals surface area contributed by atoms with Gasteiger partial charge in [0.1, 0.15) is 12.1 Å². The molecule has 1 aromatic carbocycles. The van der Waals surface area contributed by atoms with Crippen LogP contribution in [0.1, 0.15) is 27.7 Å². The van der Waals surface area contributed by atoms with Gasteiger partial charge in [-0.3, -0.25) is 4.98 Å². The number of rotatable bonds is 3. The van der Waals surface area contributed by atoms with Crippen molar-refractivity contribution in [3.8, 4) is 11.4 Å². The second-order valence-corrected chi connectivity index (χ2v) is 5.74. The van der Waals surface area contributed by atoms with E-state index in [4.69, 9.17) is 0 Å². The summed E-state index contributed by atoms with van der Waals surface area (Å²) in [5.74, 6) is -0.229. The van der Waals surface area contributed by atoms with Crippen molar-refractivity contribution in [1.29, 1.82) is 0 Å². The Kier molecular flexibility index (Phi) is 7.80. The predicted octanol–water partition coefficient (Wildman–Crippen LogP) is 3.16. The first kappa shape index (κ1) is 20.4. The number of benzene rings is 1. The fourth-order valence-corrected chi connectivity index (χ4v) is 2.55. The number of halogens is 1. The molecule has 0 aliphatic rings. The Hall–Kier alpha value is -2.68. The topological polar surface area (TPSA) is 90.6 Å². The van der Waals surface area contributed by atoms with E-state index in [0.29, 0.717) is 9.65 Å². The maximum atomic E-state index is 12.9. The SMILES string of the molecule is CC.CC.O=S(=O)(c1cnccn1)n1cnc(-c2ccc(F)cc2)n1. The lowest BCUT2D eigenvalue weighted by atomic mass is 10.2. The summed E-state index contributed by atoms with van der Waals surface area (Å²) in [6, 6.07) is 5.41. The largest absolute Gasteiger partial charge is 0.303 e. The van der Waals surface area contributed by atoms with Crippen LogP contribution < -0.4 is 0 Å². The highest BCUT2D eigenvalue weighted by atomic mass is 32.2. The van der Waals surface area contributed by atoms with Crippen LogP contribution in [0.3, 0.4) is 0 Å². The van der Waals surface area contributed by atoms with E-state index in [9.17, 15) is 12.8 Å². The molecule has 0 unspecified atom stereocenters. The Labute approximate surface area is 146 Å². The molecule has 0 spiro atoms. The third kappa shape index (κ3) is 4.90. The Morgan fingerprint density at radius 2 is 1.60 bits per heavy atom. The van der Waals surface area contributed by atoms with Gasteiger partial charge in [-0.05, 0) is 24.3 Å². The molecule has 0 atom stereocenters. The summed E-state index contributed by atoms with van der Waals surface area (Å²) < 4.78 is 38.0. The fraction of sp³-hybridized carbons (Fsp3) is 0.250. The zero-order valence-corrected chi connectivity index (χ0v) is 15.3. The first-order chi connectivity index (χ1) is 12.1. The van der Waals surface area contributed by atoms with Crippen LogP contribution in [0.15, 0.2) is 54.2 Å². The van der Waals surface area contributed by atoms with Crippen LogP contribution in [0.4, 0.5) is 4.39 Å². The zero-order chi connectivity index (χ0) is 18.9. The highest BCUT2D eigenvalue weighted by Gasteiger charge is 2.20. The summed E-state index contributed by atoms with van der Waals surface area (Å²) in [6.45, 7) is 8.00. The molecule has 0 radical (unpaired) electrons. The fourth-order valence-electron chi connectivity index (χ4n) is 1.61. The lowest BCUT2D eigenvalue weighted by Gasteiger charge is -2.01. The Balaban J connectivity index is 0.000000730. The van der Waals surface area contributed by atoms with Crippen molar-refractivity contribution in [1.82, 2.24) is 24.1 Å². The molecule has 3 aromatic rings. The van der Waals surface area contributed by atoms with Crippen molar-refractivity contribution < 1.29 is 12.8 Å². The minimum absolute atomic E-state index is 0.169. The normalized spacial score (nSPS) is 10.1. The molecule has 9 heteroatoms. The van der Waals surface area contributed by atoms with Crippen molar-refractivity contribution in [2.24, 2.45) is 0 Å². The summed E-state index contributed by atoms with van der Waals surface area (Å²) in [6.07, 6.45) is 4.81. The average molecular weight is 365 g/mol. The van der Waals surface area contributed by atoms with Crippen LogP contribution in [-0.4, -0.2) is 32.6 Å². The van der Waals surface area contributed by atoms with E-state index in [0.717, 1.165) is 12.5 Å². The molecule has 3 rings (SSSR count). The summed E-state index contributed by atoms with van der Waals surface area (Å²) in [5, 5.41) is 3.65. The summed E-state index contributed by atoms with van der Waals surface area (Å²) >= 11 is 0. The Bertz CT molecular complexity index is 865. The second kappa shape index (κ2) is 9.58. The summed E-state index contributed by atoms with van der Waals surface area (Å²) in [5.41, 5.74) is 0.504. The predicted molar refractivity (Wildman–Crippen MR) is 92.7 cm³/mol. The van der Waals surface area contributed by atoms with Crippen LogP contribution in [0.2, 0.25) is 0 Å². The minimum atomic E-state index is -3.94. The molecule has 134 valence electrons. The first-order valence-corrected chi connectivity index (χ1v) is 9.20. The first-order valence-electron chi connectivity index (χ1n) is 7.76. The van der Waals surface area contributed by atoms with Crippen molar-refractivity contribution >= 4 is 10.0 Å². The van der Waals surface area contributed by atoms with Gasteiger partial charge in [0.05, 0.1) is 6.20 Å². The van der Waals surface area contributed by atoms with Gasteiger partial charge in [0.25, 0.3) is 0 Å². The quantitative estimate of drug-likeness (QED) is 0.708. The molecule has 0 aliphatic heterocycles. The molecule has 2 heterocycles. The van der Waals surface area contributed by atoms with E-state index in [1.165, 1.54) is 36.7 Å². The molecule has 0 saturated heterocycles. The molecule has 0 N–H and O–H groups in total. The lowest BCUT2D eigenvalue weighted by molar-refractivity contribution is 0.575. The monoisotopic (exact) mass is 365 g/mol. The van der Waals surface area contributed by atoms with E-state index >= 15 is 0 Å². The van der Waals surface area contributed by atoms with E-state index < -0.39 is 15.8 Å². The van der Waals surface area contributed by atoms with Gasteiger partial charge in [-0.1, -0.05) is 27.7 Å². The smallest absolute Gasteiger partial charge is 0.260 e. The highest BCUT2D eigenvalue weighted by Crippen LogP contribution is 2.16. The zero-order valence-electron chi connectivity index (χ0n) is 14.5. The maximum absolute atomic E-state index is 12.9. The van der Waals surface area contributed by atoms with Gasteiger partial charge in [-0.15, -0.1) is 9.19 Å². The third-order valence-corrected chi connectivity index (χ3v) is 4.03. The van der Waals surface area contributed by atoms with Crippen LogP contribution >= 0.6 is 0 Å². The van der Waals surface area contributed by atoms with Crippen molar-refractivity contribution in [3.05, 3.63) is 55.0 Å². The van der Waals surface area contributed by atoms with E-state index in [1.54, 1.807) is 0 Å². The molecular weight excluding hydrogens is 345 g/mol. The van der Waals surface area contributed by atoms with Crippen LogP contribution in [0.5, 0.6) is 0 Å². The van der Waals surface area contributed by atoms with Crippen molar-refractivity contribution in [3.63, 3.8) is 0 Å². The molecule has 7 nitrogen and oxygen atoms in total. The highest BCUT2D eigenvalue weighted by molar-refractivity contribution is 7.89. The molecule has 25 heavy (non-hydrogen) atoms. The van der Waals surface area contributed by atoms with Crippen molar-refractivity contribution in [2.45, 2.75) is 32.7 Å². The van der Waals surface area contributed by atoms with E-state index in [2.05, 4.69) is 20.1 Å². The number of aromatic nitrogens is 5. The molecule has 2 aromatic heterocycles. The summed E-state index contributed by atoms with van der Waals surface area (Å²) in [7, 11) is -3.94. The Morgan fingerprint density at radius 3 is 2.16 bits per heavy atom. The van der Waals surface area contributed by atoms with Crippen LogP contribution in [-0.2, 0) is 10.0 Å². The van der Waals surface area contributed by atoms with Gasteiger partial charge in [-0.2, -0.15) is 8.42 Å². The van der Waals surface area contributed by atoms with Gasteiger partial charge >= 0.3 is 10.0 Å². The van der Waals surface area contributed by atoms with Crippen molar-refractivity contribution in [2.75, 3.05) is 0 Å². The van der Waals surface area contributed by atoms with E-state index in [1.807, 2.05) is 27.7 Å². The maximum Gasteiger partial charge on any atom is 0.303 e. The Morgan fingerprint density at radius 1 is 0.960 bits per heavy atom. The van der Waals surface area contributed by atoms with Crippen LogP contribution in [0.25, 0.3) is 11.4 Å². The van der Waals surface area contributed by atoms with Gasteiger partial charge in [0.15, 0.2) is 10.9 Å². The summed E-state index contributed by atoms with van der Waals surface area (Å²) in [4.78, 5) is 11.3. The van der Waals surface area contributed by atoms with Gasteiger partial charge in [0.2, 0.25) is 0 Å². The average Bonchev–Trinajstić information content (AvgIpc) is 3.17. The van der Waals surface area contributed by atoms with Gasteiger partial charge in [0, 0.05) is 18.0 Å². The lowest BCUT2D eigenvalue weighted by Crippen LogP contribution is -2.15. The molecule has 0 amide bonds. The number of hydrogen-bond acceptors (Lipinski definition) is 6. The van der Waals surface area contributed by atoms with Gasteiger partial charge in [-0.25, -0.2) is 14.4 Å². The molecule has 0 aliphatic carbocycles. The second-order valence-electron chi connectivity index (χ2n) is 4.00.